The molecule has 116 valence electrons. The number of esters is 1. The fourth-order valence-corrected chi connectivity index (χ4v) is 2.59. The number of hydrogen-bond acceptors (Lipinski definition) is 5. The second kappa shape index (κ2) is 9.28. The number of hydrogen-bond donors (Lipinski definition) is 1. The van der Waals surface area contributed by atoms with Gasteiger partial charge in [0.15, 0.2) is 0 Å². The van der Waals surface area contributed by atoms with E-state index in [0.29, 0.717) is 18.1 Å². The standard InChI is InChI=1S/C15H21NO4S/c1-11(15(18)20-3)9-21-10-14(17)16-8-12-6-4-5-7-13(12)19-2/h4-7,11H,8-10H2,1-3H3,(H,16,17). The van der Waals surface area contributed by atoms with Crippen LogP contribution >= 0.6 is 11.8 Å². The number of carbonyl (C=O) groups is 2. The number of nitrogens with one attached hydrogen (secondary N) is 1. The molecule has 1 unspecified atom stereocenters. The third-order valence-electron chi connectivity index (χ3n) is 2.87. The summed E-state index contributed by atoms with van der Waals surface area (Å²) in [5, 5.41) is 2.83. The molecule has 0 bridgehead atoms. The van der Waals surface area contributed by atoms with Crippen LogP contribution in [0, 0.1) is 5.92 Å². The molecule has 0 radical (unpaired) electrons. The van der Waals surface area contributed by atoms with Gasteiger partial charge in [-0.2, -0.15) is 11.8 Å². The van der Waals surface area contributed by atoms with Crippen molar-refractivity contribution in [2.24, 2.45) is 5.92 Å². The summed E-state index contributed by atoms with van der Waals surface area (Å²) < 4.78 is 9.85. The maximum Gasteiger partial charge on any atom is 0.309 e. The van der Waals surface area contributed by atoms with Gasteiger partial charge in [0, 0.05) is 17.9 Å². The van der Waals surface area contributed by atoms with Crippen LogP contribution in [0.1, 0.15) is 12.5 Å². The fourth-order valence-electron chi connectivity index (χ4n) is 1.69. The lowest BCUT2D eigenvalue weighted by Crippen LogP contribution is -2.25. The molecule has 1 atom stereocenters. The van der Waals surface area contributed by atoms with Crippen molar-refractivity contribution in [3.8, 4) is 5.75 Å². The van der Waals surface area contributed by atoms with Gasteiger partial charge in [-0.25, -0.2) is 0 Å². The van der Waals surface area contributed by atoms with Crippen LogP contribution in [-0.2, 0) is 20.9 Å². The minimum Gasteiger partial charge on any atom is -0.496 e. The van der Waals surface area contributed by atoms with E-state index in [4.69, 9.17) is 4.74 Å². The van der Waals surface area contributed by atoms with Gasteiger partial charge in [0.2, 0.25) is 5.91 Å². The molecule has 0 saturated heterocycles. The van der Waals surface area contributed by atoms with Crippen LogP contribution in [0.5, 0.6) is 5.75 Å². The third-order valence-corrected chi connectivity index (χ3v) is 4.08. The maximum atomic E-state index is 11.7. The van der Waals surface area contributed by atoms with Crippen molar-refractivity contribution in [1.29, 1.82) is 0 Å². The van der Waals surface area contributed by atoms with Crippen LogP contribution in [-0.4, -0.2) is 37.6 Å². The van der Waals surface area contributed by atoms with E-state index in [2.05, 4.69) is 10.1 Å². The monoisotopic (exact) mass is 311 g/mol. The number of ether oxygens (including phenoxy) is 2. The number of benzene rings is 1. The summed E-state index contributed by atoms with van der Waals surface area (Å²) in [5.41, 5.74) is 0.932. The summed E-state index contributed by atoms with van der Waals surface area (Å²) in [6, 6.07) is 7.55. The van der Waals surface area contributed by atoms with E-state index < -0.39 is 0 Å². The first kappa shape index (κ1) is 17.4. The Kier molecular flexibility index (Phi) is 7.68. The minimum absolute atomic E-state index is 0.0667. The summed E-state index contributed by atoms with van der Waals surface area (Å²) in [7, 11) is 2.97. The smallest absolute Gasteiger partial charge is 0.309 e. The molecule has 0 saturated carbocycles. The second-order valence-corrected chi connectivity index (χ2v) is 5.56. The average molecular weight is 311 g/mol. The lowest BCUT2D eigenvalue weighted by Gasteiger charge is -2.10. The quantitative estimate of drug-likeness (QED) is 0.742. The van der Waals surface area contributed by atoms with Gasteiger partial charge < -0.3 is 14.8 Å². The summed E-state index contributed by atoms with van der Waals surface area (Å²) in [4.78, 5) is 23.0. The first-order valence-electron chi connectivity index (χ1n) is 6.62. The van der Waals surface area contributed by atoms with Crippen molar-refractivity contribution in [1.82, 2.24) is 5.32 Å². The number of para-hydroxylation sites is 1. The molecule has 0 aliphatic rings. The summed E-state index contributed by atoms with van der Waals surface area (Å²) in [6.07, 6.45) is 0. The molecule has 0 fully saturated rings. The van der Waals surface area contributed by atoms with Gasteiger partial charge in [-0.3, -0.25) is 9.59 Å². The molecule has 0 aliphatic carbocycles. The number of methoxy groups -OCH3 is 2. The number of amides is 1. The summed E-state index contributed by atoms with van der Waals surface area (Å²) >= 11 is 1.41. The van der Waals surface area contributed by atoms with Gasteiger partial charge in [0.25, 0.3) is 0 Å². The lowest BCUT2D eigenvalue weighted by atomic mass is 10.2. The molecule has 1 N–H and O–H groups in total. The fraction of sp³-hybridized carbons (Fsp3) is 0.467. The van der Waals surface area contributed by atoms with Crippen molar-refractivity contribution >= 4 is 23.6 Å². The molecular formula is C15H21NO4S. The van der Waals surface area contributed by atoms with Crippen molar-refractivity contribution in [3.63, 3.8) is 0 Å². The highest BCUT2D eigenvalue weighted by molar-refractivity contribution is 7.99. The van der Waals surface area contributed by atoms with Gasteiger partial charge >= 0.3 is 5.97 Å². The van der Waals surface area contributed by atoms with Gasteiger partial charge in [-0.15, -0.1) is 0 Å². The molecule has 5 nitrogen and oxygen atoms in total. The SMILES string of the molecule is COC(=O)C(C)CSCC(=O)NCc1ccccc1OC. The largest absolute Gasteiger partial charge is 0.496 e. The van der Waals surface area contributed by atoms with Crippen LogP contribution in [0.3, 0.4) is 0 Å². The predicted molar refractivity (Wildman–Crippen MR) is 83.3 cm³/mol. The Morgan fingerprint density at radius 3 is 2.67 bits per heavy atom. The molecule has 1 rings (SSSR count). The van der Waals surface area contributed by atoms with Gasteiger partial charge in [0.05, 0.1) is 25.9 Å². The van der Waals surface area contributed by atoms with Gasteiger partial charge in [-0.05, 0) is 6.07 Å². The Morgan fingerprint density at radius 2 is 2.00 bits per heavy atom. The highest BCUT2D eigenvalue weighted by Gasteiger charge is 2.13. The molecule has 0 spiro atoms. The van der Waals surface area contributed by atoms with Crippen molar-refractivity contribution in [2.45, 2.75) is 13.5 Å². The van der Waals surface area contributed by atoms with Crippen LogP contribution in [0.15, 0.2) is 24.3 Å². The van der Waals surface area contributed by atoms with Gasteiger partial charge in [0.1, 0.15) is 5.75 Å². The zero-order valence-corrected chi connectivity index (χ0v) is 13.4. The lowest BCUT2D eigenvalue weighted by molar-refractivity contribution is -0.144. The topological polar surface area (TPSA) is 64.6 Å². The Balaban J connectivity index is 2.30. The van der Waals surface area contributed by atoms with E-state index in [1.807, 2.05) is 24.3 Å². The highest BCUT2D eigenvalue weighted by Crippen LogP contribution is 2.16. The first-order valence-corrected chi connectivity index (χ1v) is 7.78. The Hall–Kier alpha value is -1.69. The average Bonchev–Trinajstić information content (AvgIpc) is 2.52. The number of rotatable bonds is 8. The number of carbonyl (C=O) groups excluding carboxylic acids is 2. The van der Waals surface area contributed by atoms with E-state index in [0.717, 1.165) is 11.3 Å². The van der Waals surface area contributed by atoms with E-state index >= 15 is 0 Å². The van der Waals surface area contributed by atoms with E-state index in [-0.39, 0.29) is 17.8 Å². The zero-order valence-electron chi connectivity index (χ0n) is 12.5. The predicted octanol–water partition coefficient (Wildman–Crippen LogP) is 1.85. The van der Waals surface area contributed by atoms with Crippen LogP contribution in [0.4, 0.5) is 0 Å². The molecule has 6 heteroatoms. The zero-order chi connectivity index (χ0) is 15.7. The highest BCUT2D eigenvalue weighted by atomic mass is 32.2. The van der Waals surface area contributed by atoms with Crippen molar-refractivity contribution in [2.75, 3.05) is 25.7 Å². The number of thioether (sulfide) groups is 1. The molecule has 0 heterocycles. The van der Waals surface area contributed by atoms with E-state index in [1.54, 1.807) is 14.0 Å². The molecule has 1 aromatic rings. The van der Waals surface area contributed by atoms with Crippen molar-refractivity contribution in [3.05, 3.63) is 29.8 Å². The van der Waals surface area contributed by atoms with Crippen LogP contribution < -0.4 is 10.1 Å². The molecular weight excluding hydrogens is 290 g/mol. The Bertz CT molecular complexity index is 478. The summed E-state index contributed by atoms with van der Waals surface area (Å²) in [5.74, 6) is 1.11. The van der Waals surface area contributed by atoms with Crippen LogP contribution in [0.2, 0.25) is 0 Å². The van der Waals surface area contributed by atoms with Crippen molar-refractivity contribution < 1.29 is 19.1 Å². The maximum absolute atomic E-state index is 11.7. The van der Waals surface area contributed by atoms with E-state index in [1.165, 1.54) is 18.9 Å². The Labute approximate surface area is 129 Å². The summed E-state index contributed by atoms with van der Waals surface area (Å²) in [6.45, 7) is 2.21. The van der Waals surface area contributed by atoms with Crippen LogP contribution in [0.25, 0.3) is 0 Å². The minimum atomic E-state index is -0.253. The molecule has 0 aliphatic heterocycles. The molecule has 0 aromatic heterocycles. The second-order valence-electron chi connectivity index (χ2n) is 4.53. The normalized spacial score (nSPS) is 11.6. The molecule has 1 aromatic carbocycles. The van der Waals surface area contributed by atoms with Gasteiger partial charge in [-0.1, -0.05) is 25.1 Å². The molecule has 21 heavy (non-hydrogen) atoms. The third kappa shape index (κ3) is 6.08. The van der Waals surface area contributed by atoms with E-state index in [9.17, 15) is 9.59 Å². The Morgan fingerprint density at radius 1 is 1.29 bits per heavy atom. The molecule has 1 amide bonds. The first-order chi connectivity index (χ1) is 10.1.